The van der Waals surface area contributed by atoms with Crippen molar-refractivity contribution in [2.24, 2.45) is 0 Å². The second-order valence-electron chi connectivity index (χ2n) is 5.34. The molecule has 1 amide bonds. The van der Waals surface area contributed by atoms with Gasteiger partial charge in [-0.3, -0.25) is 4.79 Å². The fraction of sp³-hybridized carbons (Fsp3) is 0.500. The number of halogens is 1. The highest BCUT2D eigenvalue weighted by molar-refractivity contribution is 5.83. The van der Waals surface area contributed by atoms with Crippen LogP contribution >= 0.6 is 0 Å². The second-order valence-corrected chi connectivity index (χ2v) is 5.34. The Morgan fingerprint density at radius 3 is 2.85 bits per heavy atom. The van der Waals surface area contributed by atoms with Crippen molar-refractivity contribution in [2.45, 2.75) is 43.9 Å². The normalized spacial score (nSPS) is 37.2. The van der Waals surface area contributed by atoms with E-state index in [0.29, 0.717) is 29.7 Å². The van der Waals surface area contributed by atoms with E-state index in [9.17, 15) is 19.4 Å². The van der Waals surface area contributed by atoms with Crippen LogP contribution in [0.1, 0.15) is 19.3 Å². The van der Waals surface area contributed by atoms with Gasteiger partial charge < -0.3 is 20.4 Å². The summed E-state index contributed by atoms with van der Waals surface area (Å²) in [5, 5.41) is 22.2. The number of piperidine rings is 1. The van der Waals surface area contributed by atoms with Gasteiger partial charge in [-0.15, -0.1) is 0 Å². The van der Waals surface area contributed by atoms with E-state index in [2.05, 4.69) is 11.9 Å². The molecule has 0 aromatic carbocycles. The highest BCUT2D eigenvalue weighted by atomic mass is 19.1. The van der Waals surface area contributed by atoms with E-state index in [1.54, 1.807) is 6.08 Å². The van der Waals surface area contributed by atoms with Gasteiger partial charge in [0.1, 0.15) is 18.4 Å². The number of fused-ring (bicyclic) bond motifs is 1. The van der Waals surface area contributed by atoms with E-state index in [1.165, 1.54) is 11.0 Å². The van der Waals surface area contributed by atoms with Gasteiger partial charge in [-0.05, 0) is 18.9 Å². The van der Waals surface area contributed by atoms with Gasteiger partial charge in [0, 0.05) is 23.3 Å². The number of carbonyl (C=O) groups is 1. The first kappa shape index (κ1) is 13.3. The Balaban J connectivity index is 1.90. The second kappa shape index (κ2) is 4.71. The van der Waals surface area contributed by atoms with Crippen LogP contribution in [0.2, 0.25) is 0 Å². The summed E-state index contributed by atoms with van der Waals surface area (Å²) in [6.07, 6.45) is 1.25. The summed E-state index contributed by atoms with van der Waals surface area (Å²) in [6.45, 7) is 3.88. The van der Waals surface area contributed by atoms with Crippen LogP contribution in [0.5, 0.6) is 0 Å². The molecule has 3 rings (SSSR count). The summed E-state index contributed by atoms with van der Waals surface area (Å²) in [7, 11) is 0. The van der Waals surface area contributed by atoms with Crippen molar-refractivity contribution in [2.75, 3.05) is 0 Å². The van der Waals surface area contributed by atoms with Crippen LogP contribution < -0.4 is 5.32 Å². The summed E-state index contributed by atoms with van der Waals surface area (Å²) in [4.78, 5) is 13.5. The number of alkyl halides is 1. The monoisotopic (exact) mass is 280 g/mol. The van der Waals surface area contributed by atoms with E-state index >= 15 is 0 Å². The van der Waals surface area contributed by atoms with Gasteiger partial charge in [0.25, 0.3) is 0 Å². The summed E-state index contributed by atoms with van der Waals surface area (Å²) in [5.74, 6) is -0.347. The molecular formula is C14H17FN2O3. The number of likely N-dealkylation sites (tertiary alicyclic amines) is 1. The van der Waals surface area contributed by atoms with E-state index < -0.39 is 24.7 Å². The molecule has 6 heteroatoms. The molecule has 0 aromatic rings. The maximum absolute atomic E-state index is 13.4. The fourth-order valence-electron chi connectivity index (χ4n) is 3.04. The van der Waals surface area contributed by atoms with Crippen LogP contribution in [0.15, 0.2) is 35.6 Å². The zero-order valence-corrected chi connectivity index (χ0v) is 10.9. The van der Waals surface area contributed by atoms with E-state index in [4.69, 9.17) is 0 Å². The van der Waals surface area contributed by atoms with Crippen molar-refractivity contribution < 1.29 is 19.4 Å². The molecule has 2 unspecified atom stereocenters. The zero-order valence-electron chi connectivity index (χ0n) is 10.9. The third-order valence-corrected chi connectivity index (χ3v) is 4.05. The Morgan fingerprint density at radius 1 is 1.40 bits per heavy atom. The summed E-state index contributed by atoms with van der Waals surface area (Å²) in [6, 6.07) is -0.591. The van der Waals surface area contributed by atoms with Gasteiger partial charge in [0.05, 0.1) is 0 Å². The average Bonchev–Trinajstić information content (AvgIpc) is 2.63. The number of rotatable bonds is 1. The average molecular weight is 280 g/mol. The molecule has 5 nitrogen and oxygen atoms in total. The maximum atomic E-state index is 13.4. The van der Waals surface area contributed by atoms with Gasteiger partial charge in [-0.1, -0.05) is 12.7 Å². The molecule has 1 aliphatic carbocycles. The number of allylic oxidation sites excluding steroid dienone is 3. The molecule has 0 saturated carbocycles. The quantitative estimate of drug-likeness (QED) is 0.647. The van der Waals surface area contributed by atoms with Crippen LogP contribution in [-0.2, 0) is 4.79 Å². The van der Waals surface area contributed by atoms with Crippen molar-refractivity contribution >= 4 is 5.91 Å². The SMILES string of the molecule is C=C1C2=C[C@@H](F)CC=C2[C@@H](O)N1C1CCC(O)NC1=O. The lowest BCUT2D eigenvalue weighted by Crippen LogP contribution is -2.54. The van der Waals surface area contributed by atoms with Crippen molar-refractivity contribution in [3.8, 4) is 0 Å². The van der Waals surface area contributed by atoms with Crippen molar-refractivity contribution in [1.82, 2.24) is 10.2 Å². The summed E-state index contributed by atoms with van der Waals surface area (Å²) in [5.41, 5.74) is 1.65. The number of nitrogens with zero attached hydrogens (tertiary/aromatic N) is 1. The molecule has 0 radical (unpaired) electrons. The molecule has 0 bridgehead atoms. The Kier molecular flexibility index (Phi) is 3.14. The topological polar surface area (TPSA) is 72.8 Å². The maximum Gasteiger partial charge on any atom is 0.244 e. The van der Waals surface area contributed by atoms with Gasteiger partial charge in [-0.2, -0.15) is 0 Å². The minimum Gasteiger partial charge on any atom is -0.374 e. The standard InChI is InChI=1S/C14H17FN2O3/c1-7-10-6-8(15)2-3-9(10)14(20)17(7)11-4-5-12(18)16-13(11)19/h3,6,8,11-12,14,18,20H,1-2,4-5H2,(H,16,19)/t8-,11?,12?,14+/m0/s1. The molecule has 0 aromatic heterocycles. The molecule has 2 saturated heterocycles. The first-order valence-corrected chi connectivity index (χ1v) is 6.69. The largest absolute Gasteiger partial charge is 0.374 e. The van der Waals surface area contributed by atoms with E-state index in [1.807, 2.05) is 0 Å². The van der Waals surface area contributed by atoms with E-state index in [-0.39, 0.29) is 12.3 Å². The Labute approximate surface area is 116 Å². The third-order valence-electron chi connectivity index (χ3n) is 4.05. The predicted molar refractivity (Wildman–Crippen MR) is 69.8 cm³/mol. The molecule has 0 spiro atoms. The molecule has 4 atom stereocenters. The van der Waals surface area contributed by atoms with Gasteiger partial charge >= 0.3 is 0 Å². The van der Waals surface area contributed by atoms with Crippen LogP contribution in [0.25, 0.3) is 0 Å². The number of carbonyl (C=O) groups excluding carboxylic acids is 1. The molecular weight excluding hydrogens is 263 g/mol. The van der Waals surface area contributed by atoms with E-state index in [0.717, 1.165) is 0 Å². The van der Waals surface area contributed by atoms with Crippen LogP contribution in [0.3, 0.4) is 0 Å². The Morgan fingerprint density at radius 2 is 2.15 bits per heavy atom. The highest BCUT2D eigenvalue weighted by Gasteiger charge is 2.43. The number of aliphatic hydroxyl groups excluding tert-OH is 2. The summed E-state index contributed by atoms with van der Waals surface area (Å²) >= 11 is 0. The lowest BCUT2D eigenvalue weighted by Gasteiger charge is -2.35. The molecule has 2 aliphatic heterocycles. The molecule has 3 N–H and O–H groups in total. The van der Waals surface area contributed by atoms with Gasteiger partial charge in [0.2, 0.25) is 5.91 Å². The van der Waals surface area contributed by atoms with Gasteiger partial charge in [-0.25, -0.2) is 4.39 Å². The van der Waals surface area contributed by atoms with Crippen LogP contribution in [0, 0.1) is 0 Å². The predicted octanol–water partition coefficient (Wildman–Crippen LogP) is 0.326. The molecule has 2 heterocycles. The van der Waals surface area contributed by atoms with Crippen molar-refractivity contribution in [1.29, 1.82) is 0 Å². The Bertz CT molecular complexity index is 529. The number of hydrogen-bond acceptors (Lipinski definition) is 4. The zero-order chi connectivity index (χ0) is 14.4. The first-order valence-electron chi connectivity index (χ1n) is 6.69. The van der Waals surface area contributed by atoms with Crippen molar-refractivity contribution in [3.63, 3.8) is 0 Å². The fourth-order valence-corrected chi connectivity index (χ4v) is 3.04. The number of hydrogen-bond donors (Lipinski definition) is 3. The Hall–Kier alpha value is -1.66. The van der Waals surface area contributed by atoms with Crippen molar-refractivity contribution in [3.05, 3.63) is 35.6 Å². The molecule has 2 fully saturated rings. The number of nitrogens with one attached hydrogen (secondary N) is 1. The van der Waals surface area contributed by atoms with Crippen LogP contribution in [0.4, 0.5) is 4.39 Å². The molecule has 3 aliphatic rings. The summed E-state index contributed by atoms with van der Waals surface area (Å²) < 4.78 is 13.4. The molecule has 20 heavy (non-hydrogen) atoms. The lowest BCUT2D eigenvalue weighted by atomic mass is 9.97. The highest BCUT2D eigenvalue weighted by Crippen LogP contribution is 2.41. The first-order chi connectivity index (χ1) is 9.49. The van der Waals surface area contributed by atoms with Crippen LogP contribution in [-0.4, -0.2) is 45.7 Å². The number of aliphatic hydroxyl groups is 2. The lowest BCUT2D eigenvalue weighted by molar-refractivity contribution is -0.135. The van der Waals surface area contributed by atoms with Gasteiger partial charge in [0.15, 0.2) is 6.23 Å². The molecule has 108 valence electrons. The third kappa shape index (κ3) is 1.96. The minimum absolute atomic E-state index is 0.229. The minimum atomic E-state index is -1.08. The number of amides is 1. The smallest absolute Gasteiger partial charge is 0.244 e.